The van der Waals surface area contributed by atoms with Crippen LogP contribution in [0.2, 0.25) is 0 Å². The first-order chi connectivity index (χ1) is 5.38. The number of fused-ring (bicyclic) bond motifs is 1. The van der Waals surface area contributed by atoms with E-state index in [1.54, 1.807) is 12.3 Å². The summed E-state index contributed by atoms with van der Waals surface area (Å²) < 4.78 is 0. The molecule has 0 saturated carbocycles. The number of aromatic nitrogens is 1. The van der Waals surface area contributed by atoms with Crippen molar-refractivity contribution in [1.82, 2.24) is 10.7 Å². The van der Waals surface area contributed by atoms with E-state index in [9.17, 15) is 0 Å². The van der Waals surface area contributed by atoms with Gasteiger partial charge in [-0.1, -0.05) is 18.2 Å². The van der Waals surface area contributed by atoms with Gasteiger partial charge < -0.3 is 0 Å². The minimum Gasteiger partial charge on any atom is -0.299 e. The SMILES string of the molecule is [NH]c1cccc2cccnc12. The molecule has 0 unspecified atom stereocenters. The summed E-state index contributed by atoms with van der Waals surface area (Å²) >= 11 is 0. The lowest BCUT2D eigenvalue weighted by Crippen LogP contribution is -1.78. The van der Waals surface area contributed by atoms with Gasteiger partial charge in [0.15, 0.2) is 0 Å². The van der Waals surface area contributed by atoms with Gasteiger partial charge in [0.05, 0.1) is 11.2 Å². The fourth-order valence-corrected chi connectivity index (χ4v) is 1.10. The first kappa shape index (κ1) is 6.16. The molecule has 0 atom stereocenters. The number of hydrogen-bond acceptors (Lipinski definition) is 1. The lowest BCUT2D eigenvalue weighted by atomic mass is 10.2. The van der Waals surface area contributed by atoms with E-state index in [-0.39, 0.29) is 0 Å². The summed E-state index contributed by atoms with van der Waals surface area (Å²) in [6, 6.07) is 9.41. The predicted octanol–water partition coefficient (Wildman–Crippen LogP) is 2.15. The minimum absolute atomic E-state index is 0.489. The first-order valence-electron chi connectivity index (χ1n) is 3.43. The summed E-state index contributed by atoms with van der Waals surface area (Å²) in [6.45, 7) is 0. The molecule has 2 rings (SSSR count). The van der Waals surface area contributed by atoms with Crippen LogP contribution >= 0.6 is 0 Å². The van der Waals surface area contributed by atoms with Crippen molar-refractivity contribution < 1.29 is 0 Å². The Labute approximate surface area is 64.7 Å². The van der Waals surface area contributed by atoms with Crippen molar-refractivity contribution in [2.24, 2.45) is 0 Å². The van der Waals surface area contributed by atoms with Crippen LogP contribution in [0.1, 0.15) is 0 Å². The van der Waals surface area contributed by atoms with Gasteiger partial charge in [-0.2, -0.15) is 0 Å². The van der Waals surface area contributed by atoms with E-state index in [1.807, 2.05) is 24.3 Å². The van der Waals surface area contributed by atoms with Gasteiger partial charge in [0.25, 0.3) is 0 Å². The van der Waals surface area contributed by atoms with Gasteiger partial charge in [-0.3, -0.25) is 10.7 Å². The van der Waals surface area contributed by atoms with Crippen LogP contribution in [-0.4, -0.2) is 4.98 Å². The van der Waals surface area contributed by atoms with Crippen molar-refractivity contribution in [3.05, 3.63) is 36.5 Å². The first-order valence-corrected chi connectivity index (χ1v) is 3.43. The van der Waals surface area contributed by atoms with Crippen LogP contribution in [0.3, 0.4) is 0 Å². The monoisotopic (exact) mass is 143 g/mol. The summed E-state index contributed by atoms with van der Waals surface area (Å²) in [6.07, 6.45) is 1.71. The molecule has 1 radical (unpaired) electrons. The Kier molecular flexibility index (Phi) is 1.25. The molecular weight excluding hydrogens is 136 g/mol. The summed E-state index contributed by atoms with van der Waals surface area (Å²) in [5.41, 5.74) is 8.76. The van der Waals surface area contributed by atoms with Gasteiger partial charge in [0.2, 0.25) is 0 Å². The Morgan fingerprint density at radius 3 is 2.73 bits per heavy atom. The molecule has 1 heterocycles. The zero-order chi connectivity index (χ0) is 7.68. The lowest BCUT2D eigenvalue weighted by Gasteiger charge is -1.96. The number of para-hydroxylation sites is 1. The van der Waals surface area contributed by atoms with E-state index in [4.69, 9.17) is 5.73 Å². The van der Waals surface area contributed by atoms with Crippen LogP contribution in [0.4, 0.5) is 5.69 Å². The molecule has 0 saturated heterocycles. The van der Waals surface area contributed by atoms with Crippen molar-refractivity contribution in [3.63, 3.8) is 0 Å². The number of nitrogens with zero attached hydrogens (tertiary/aromatic N) is 1. The molecule has 1 N–H and O–H groups in total. The zero-order valence-electron chi connectivity index (χ0n) is 5.91. The minimum atomic E-state index is 0.489. The van der Waals surface area contributed by atoms with Crippen LogP contribution < -0.4 is 5.73 Å². The maximum Gasteiger partial charge on any atom is 0.0951 e. The largest absolute Gasteiger partial charge is 0.299 e. The van der Waals surface area contributed by atoms with Gasteiger partial charge in [-0.05, 0) is 12.1 Å². The normalized spacial score (nSPS) is 10.2. The van der Waals surface area contributed by atoms with Gasteiger partial charge in [0.1, 0.15) is 0 Å². The quantitative estimate of drug-likeness (QED) is 0.556. The highest BCUT2D eigenvalue weighted by atomic mass is 14.7. The Balaban J connectivity index is 2.91. The van der Waals surface area contributed by atoms with Gasteiger partial charge in [0, 0.05) is 11.6 Å². The zero-order valence-corrected chi connectivity index (χ0v) is 5.91. The number of benzene rings is 1. The Hall–Kier alpha value is -1.57. The Morgan fingerprint density at radius 2 is 1.91 bits per heavy atom. The molecule has 0 amide bonds. The van der Waals surface area contributed by atoms with Crippen molar-refractivity contribution in [2.75, 3.05) is 0 Å². The third-order valence-corrected chi connectivity index (χ3v) is 1.63. The van der Waals surface area contributed by atoms with Gasteiger partial charge in [-0.25, -0.2) is 0 Å². The summed E-state index contributed by atoms with van der Waals surface area (Å²) in [7, 11) is 0. The van der Waals surface area contributed by atoms with E-state index in [0.29, 0.717) is 5.69 Å². The second-order valence-electron chi connectivity index (χ2n) is 2.38. The summed E-state index contributed by atoms with van der Waals surface area (Å²) in [5.74, 6) is 0. The van der Waals surface area contributed by atoms with Crippen molar-refractivity contribution in [3.8, 4) is 0 Å². The molecule has 1 aromatic heterocycles. The Bertz CT molecular complexity index is 377. The molecule has 2 aromatic rings. The maximum atomic E-state index is 7.50. The average Bonchev–Trinajstić information content (AvgIpc) is 2.06. The highest BCUT2D eigenvalue weighted by Gasteiger charge is 1.95. The van der Waals surface area contributed by atoms with Crippen molar-refractivity contribution >= 4 is 16.6 Å². The van der Waals surface area contributed by atoms with E-state index in [0.717, 1.165) is 10.9 Å². The van der Waals surface area contributed by atoms with Gasteiger partial charge in [-0.15, -0.1) is 0 Å². The van der Waals surface area contributed by atoms with Gasteiger partial charge >= 0.3 is 0 Å². The molecule has 0 aliphatic rings. The molecule has 0 spiro atoms. The fraction of sp³-hybridized carbons (Fsp3) is 0. The molecule has 0 aliphatic carbocycles. The van der Waals surface area contributed by atoms with Crippen LogP contribution in [0, 0.1) is 0 Å². The summed E-state index contributed by atoms with van der Waals surface area (Å²) in [5, 5.41) is 1.03. The third kappa shape index (κ3) is 0.923. The fourth-order valence-electron chi connectivity index (χ4n) is 1.10. The lowest BCUT2D eigenvalue weighted by molar-refractivity contribution is 1.38. The number of hydrogen-bond donors (Lipinski definition) is 0. The standard InChI is InChI=1S/C9H7N2/c10-8-5-1-3-7-4-2-6-11-9(7)8/h1-6,10H. The molecular formula is C9H7N2. The summed E-state index contributed by atoms with van der Waals surface area (Å²) in [4.78, 5) is 4.09. The van der Waals surface area contributed by atoms with Crippen molar-refractivity contribution in [2.45, 2.75) is 0 Å². The second kappa shape index (κ2) is 2.23. The molecule has 0 bridgehead atoms. The smallest absolute Gasteiger partial charge is 0.0951 e. The molecule has 1 aromatic carbocycles. The molecule has 0 fully saturated rings. The molecule has 2 nitrogen and oxygen atoms in total. The van der Waals surface area contributed by atoms with Crippen LogP contribution in [0.25, 0.3) is 10.9 Å². The molecule has 2 heteroatoms. The number of rotatable bonds is 0. The van der Waals surface area contributed by atoms with E-state index in [2.05, 4.69) is 4.98 Å². The highest BCUT2D eigenvalue weighted by Crippen LogP contribution is 2.17. The predicted molar refractivity (Wildman–Crippen MR) is 44.5 cm³/mol. The molecule has 11 heavy (non-hydrogen) atoms. The number of pyridine rings is 1. The Morgan fingerprint density at radius 1 is 1.09 bits per heavy atom. The average molecular weight is 143 g/mol. The van der Waals surface area contributed by atoms with Crippen molar-refractivity contribution in [1.29, 1.82) is 0 Å². The van der Waals surface area contributed by atoms with E-state index in [1.165, 1.54) is 0 Å². The van der Waals surface area contributed by atoms with Crippen LogP contribution in [0.15, 0.2) is 36.5 Å². The van der Waals surface area contributed by atoms with E-state index < -0.39 is 0 Å². The highest BCUT2D eigenvalue weighted by molar-refractivity contribution is 5.87. The molecule has 53 valence electrons. The third-order valence-electron chi connectivity index (χ3n) is 1.63. The maximum absolute atomic E-state index is 7.50. The topological polar surface area (TPSA) is 36.7 Å². The molecule has 0 aliphatic heterocycles. The second-order valence-corrected chi connectivity index (χ2v) is 2.38. The van der Waals surface area contributed by atoms with E-state index >= 15 is 0 Å². The van der Waals surface area contributed by atoms with Crippen LogP contribution in [-0.2, 0) is 0 Å². The number of nitrogens with one attached hydrogen (secondary N) is 1. The van der Waals surface area contributed by atoms with Crippen LogP contribution in [0.5, 0.6) is 0 Å².